The monoisotopic (exact) mass is 282 g/mol. The van der Waals surface area contributed by atoms with Crippen LogP contribution in [0.3, 0.4) is 0 Å². The first kappa shape index (κ1) is 18.0. The Balaban J connectivity index is 1.95. The second kappa shape index (κ2) is 9.78. The number of nitrogens with zero attached hydrogens (tertiary/aromatic N) is 1. The highest BCUT2D eigenvalue weighted by atomic mass is 15.2. The Hall–Kier alpha value is -0.0800. The van der Waals surface area contributed by atoms with E-state index in [0.29, 0.717) is 5.41 Å². The summed E-state index contributed by atoms with van der Waals surface area (Å²) in [5.41, 5.74) is 0.654. The molecule has 0 aromatic carbocycles. The summed E-state index contributed by atoms with van der Waals surface area (Å²) >= 11 is 0. The number of unbranched alkanes of at least 4 members (excludes halogenated alkanes) is 3. The summed E-state index contributed by atoms with van der Waals surface area (Å²) < 4.78 is 0. The first-order chi connectivity index (χ1) is 9.62. The summed E-state index contributed by atoms with van der Waals surface area (Å²) in [7, 11) is 0. The Kier molecular flexibility index (Phi) is 8.79. The zero-order valence-corrected chi connectivity index (χ0v) is 14.5. The molecule has 0 radical (unpaired) electrons. The molecule has 0 spiro atoms. The standard InChI is InChI=1S/C18H38N2/c1-5-18(6-2)11-14-20(16-18)13-10-8-7-9-12-19-15-17(3)4/h17,19H,5-16H2,1-4H3. The fraction of sp³-hybridized carbons (Fsp3) is 1.00. The molecule has 0 aliphatic carbocycles. The van der Waals surface area contributed by atoms with E-state index in [4.69, 9.17) is 0 Å². The van der Waals surface area contributed by atoms with Gasteiger partial charge in [-0.25, -0.2) is 0 Å². The van der Waals surface area contributed by atoms with E-state index >= 15 is 0 Å². The van der Waals surface area contributed by atoms with Crippen LogP contribution in [-0.4, -0.2) is 37.6 Å². The zero-order chi connectivity index (χ0) is 14.8. The van der Waals surface area contributed by atoms with Gasteiger partial charge in [0.25, 0.3) is 0 Å². The molecule has 20 heavy (non-hydrogen) atoms. The van der Waals surface area contributed by atoms with Crippen LogP contribution >= 0.6 is 0 Å². The third kappa shape index (κ3) is 6.58. The summed E-state index contributed by atoms with van der Waals surface area (Å²) in [4.78, 5) is 2.71. The molecule has 0 aromatic rings. The summed E-state index contributed by atoms with van der Waals surface area (Å²) in [6, 6.07) is 0. The molecule has 1 rings (SSSR count). The van der Waals surface area contributed by atoms with Crippen molar-refractivity contribution in [3.05, 3.63) is 0 Å². The summed E-state index contributed by atoms with van der Waals surface area (Å²) in [6.07, 6.45) is 9.70. The molecule has 1 fully saturated rings. The molecular formula is C18H38N2. The molecule has 0 aromatic heterocycles. The fourth-order valence-corrected chi connectivity index (χ4v) is 3.38. The lowest BCUT2D eigenvalue weighted by atomic mass is 9.82. The second-order valence-electron chi connectivity index (χ2n) is 7.25. The normalized spacial score (nSPS) is 19.1. The molecule has 0 unspecified atom stereocenters. The van der Waals surface area contributed by atoms with Gasteiger partial charge in [-0.3, -0.25) is 0 Å². The molecule has 2 heteroatoms. The van der Waals surface area contributed by atoms with E-state index in [0.717, 1.165) is 5.92 Å². The number of nitrogens with one attached hydrogen (secondary N) is 1. The molecule has 0 atom stereocenters. The van der Waals surface area contributed by atoms with Crippen LogP contribution in [0, 0.1) is 11.3 Å². The molecule has 0 saturated carbocycles. The van der Waals surface area contributed by atoms with Crippen molar-refractivity contribution >= 4 is 0 Å². The van der Waals surface area contributed by atoms with Crippen LogP contribution < -0.4 is 5.32 Å². The number of hydrogen-bond donors (Lipinski definition) is 1. The number of hydrogen-bond acceptors (Lipinski definition) is 2. The zero-order valence-electron chi connectivity index (χ0n) is 14.5. The molecule has 1 aliphatic rings. The van der Waals surface area contributed by atoms with E-state index in [2.05, 4.69) is 37.9 Å². The van der Waals surface area contributed by atoms with Crippen LogP contribution in [-0.2, 0) is 0 Å². The minimum atomic E-state index is 0.654. The van der Waals surface area contributed by atoms with Gasteiger partial charge in [-0.05, 0) is 69.6 Å². The van der Waals surface area contributed by atoms with Crippen molar-refractivity contribution in [2.24, 2.45) is 11.3 Å². The minimum Gasteiger partial charge on any atom is -0.316 e. The molecular weight excluding hydrogens is 244 g/mol. The molecule has 0 bridgehead atoms. The Morgan fingerprint density at radius 2 is 1.75 bits per heavy atom. The van der Waals surface area contributed by atoms with Crippen molar-refractivity contribution in [3.63, 3.8) is 0 Å². The maximum Gasteiger partial charge on any atom is 0.00382 e. The van der Waals surface area contributed by atoms with Crippen molar-refractivity contribution in [2.45, 2.75) is 72.6 Å². The van der Waals surface area contributed by atoms with Gasteiger partial charge < -0.3 is 10.2 Å². The first-order valence-corrected chi connectivity index (χ1v) is 9.05. The van der Waals surface area contributed by atoms with Gasteiger partial charge in [0.15, 0.2) is 0 Å². The van der Waals surface area contributed by atoms with Gasteiger partial charge in [0, 0.05) is 6.54 Å². The van der Waals surface area contributed by atoms with Crippen LogP contribution in [0.25, 0.3) is 0 Å². The Morgan fingerprint density at radius 1 is 1.05 bits per heavy atom. The highest BCUT2D eigenvalue weighted by molar-refractivity contribution is 4.87. The van der Waals surface area contributed by atoms with Gasteiger partial charge in [0.1, 0.15) is 0 Å². The van der Waals surface area contributed by atoms with Crippen LogP contribution in [0.15, 0.2) is 0 Å². The fourth-order valence-electron chi connectivity index (χ4n) is 3.38. The molecule has 2 nitrogen and oxygen atoms in total. The topological polar surface area (TPSA) is 15.3 Å². The smallest absolute Gasteiger partial charge is 0.00382 e. The van der Waals surface area contributed by atoms with Gasteiger partial charge in [0.2, 0.25) is 0 Å². The number of likely N-dealkylation sites (tertiary alicyclic amines) is 1. The summed E-state index contributed by atoms with van der Waals surface area (Å²) in [5.74, 6) is 0.780. The van der Waals surface area contributed by atoms with Gasteiger partial charge in [-0.1, -0.05) is 40.5 Å². The van der Waals surface area contributed by atoms with E-state index in [1.54, 1.807) is 0 Å². The lowest BCUT2D eigenvalue weighted by Crippen LogP contribution is -2.27. The van der Waals surface area contributed by atoms with Gasteiger partial charge in [0.05, 0.1) is 0 Å². The maximum absolute atomic E-state index is 3.53. The van der Waals surface area contributed by atoms with Crippen molar-refractivity contribution in [1.82, 2.24) is 10.2 Å². The van der Waals surface area contributed by atoms with E-state index in [1.807, 2.05) is 0 Å². The third-order valence-electron chi connectivity index (χ3n) is 5.15. The Bertz CT molecular complexity index is 234. The van der Waals surface area contributed by atoms with E-state index in [-0.39, 0.29) is 0 Å². The third-order valence-corrected chi connectivity index (χ3v) is 5.15. The molecule has 1 saturated heterocycles. The average molecular weight is 283 g/mol. The Morgan fingerprint density at radius 3 is 2.35 bits per heavy atom. The van der Waals surface area contributed by atoms with E-state index in [1.165, 1.54) is 77.7 Å². The average Bonchev–Trinajstić information content (AvgIpc) is 2.86. The maximum atomic E-state index is 3.53. The largest absolute Gasteiger partial charge is 0.316 e. The molecule has 1 heterocycles. The molecule has 1 N–H and O–H groups in total. The SMILES string of the molecule is CCC1(CC)CCN(CCCCCCNCC(C)C)C1. The van der Waals surface area contributed by atoms with Gasteiger partial charge in [-0.15, -0.1) is 0 Å². The van der Waals surface area contributed by atoms with Gasteiger partial charge in [-0.2, -0.15) is 0 Å². The Labute approximate surface area is 127 Å². The predicted molar refractivity (Wildman–Crippen MR) is 90.2 cm³/mol. The van der Waals surface area contributed by atoms with Crippen molar-refractivity contribution in [1.29, 1.82) is 0 Å². The van der Waals surface area contributed by atoms with Crippen LogP contribution in [0.2, 0.25) is 0 Å². The van der Waals surface area contributed by atoms with E-state index in [9.17, 15) is 0 Å². The lowest BCUT2D eigenvalue weighted by molar-refractivity contribution is 0.237. The van der Waals surface area contributed by atoms with Crippen LogP contribution in [0.4, 0.5) is 0 Å². The molecule has 0 amide bonds. The van der Waals surface area contributed by atoms with Crippen molar-refractivity contribution in [3.8, 4) is 0 Å². The van der Waals surface area contributed by atoms with Crippen molar-refractivity contribution < 1.29 is 0 Å². The summed E-state index contributed by atoms with van der Waals surface area (Å²) in [5, 5.41) is 3.53. The van der Waals surface area contributed by atoms with Gasteiger partial charge >= 0.3 is 0 Å². The summed E-state index contributed by atoms with van der Waals surface area (Å²) in [6.45, 7) is 15.7. The first-order valence-electron chi connectivity index (χ1n) is 9.05. The van der Waals surface area contributed by atoms with Crippen LogP contribution in [0.5, 0.6) is 0 Å². The lowest BCUT2D eigenvalue weighted by Gasteiger charge is -2.26. The molecule has 120 valence electrons. The second-order valence-corrected chi connectivity index (χ2v) is 7.25. The number of rotatable bonds is 11. The van der Waals surface area contributed by atoms with Crippen molar-refractivity contribution in [2.75, 3.05) is 32.7 Å². The predicted octanol–water partition coefficient (Wildman–Crippen LogP) is 4.30. The minimum absolute atomic E-state index is 0.654. The molecule has 1 aliphatic heterocycles. The highest BCUT2D eigenvalue weighted by Crippen LogP contribution is 2.36. The quantitative estimate of drug-likeness (QED) is 0.568. The highest BCUT2D eigenvalue weighted by Gasteiger charge is 2.34. The van der Waals surface area contributed by atoms with E-state index < -0.39 is 0 Å². The van der Waals surface area contributed by atoms with Crippen LogP contribution in [0.1, 0.15) is 72.6 Å².